The Morgan fingerprint density at radius 3 is 2.63 bits per heavy atom. The minimum atomic E-state index is -0.207. The van der Waals surface area contributed by atoms with Crippen LogP contribution < -0.4 is 11.1 Å². The van der Waals surface area contributed by atoms with E-state index in [9.17, 15) is 4.79 Å². The van der Waals surface area contributed by atoms with Gasteiger partial charge in [-0.2, -0.15) is 0 Å². The first-order chi connectivity index (χ1) is 8.95. The maximum absolute atomic E-state index is 12.1. The molecule has 0 bridgehead atoms. The Balaban J connectivity index is 2.25. The number of nitrogens with one attached hydrogen (secondary N) is 1. The van der Waals surface area contributed by atoms with Crippen molar-refractivity contribution in [3.8, 4) is 0 Å². The van der Waals surface area contributed by atoms with Gasteiger partial charge in [0.2, 0.25) is 0 Å². The number of rotatable bonds is 2. The predicted molar refractivity (Wildman–Crippen MR) is 80.2 cm³/mol. The molecule has 0 radical (unpaired) electrons. The van der Waals surface area contributed by atoms with Crippen LogP contribution in [-0.2, 0) is 0 Å². The largest absolute Gasteiger partial charge is 0.384 e. The normalized spacial score (nSPS) is 10.3. The second-order valence-corrected chi connectivity index (χ2v) is 5.21. The smallest absolute Gasteiger partial charge is 0.255 e. The number of amides is 1. The van der Waals surface area contributed by atoms with Gasteiger partial charge in [-0.15, -0.1) is 0 Å². The number of aryl methyl sites for hydroxylation is 2. The molecule has 4 nitrogen and oxygen atoms in total. The van der Waals surface area contributed by atoms with Gasteiger partial charge in [0.05, 0.1) is 5.69 Å². The minimum Gasteiger partial charge on any atom is -0.384 e. The molecule has 3 N–H and O–H groups in total. The Hall–Kier alpha value is -1.88. The molecule has 1 aromatic heterocycles. The lowest BCUT2D eigenvalue weighted by Crippen LogP contribution is -2.13. The maximum atomic E-state index is 12.1. The van der Waals surface area contributed by atoms with Gasteiger partial charge >= 0.3 is 0 Å². The zero-order chi connectivity index (χ0) is 14.0. The van der Waals surface area contributed by atoms with Crippen LogP contribution in [0.5, 0.6) is 0 Å². The first-order valence-electron chi connectivity index (χ1n) is 5.77. The van der Waals surface area contributed by atoms with E-state index in [1.54, 1.807) is 19.1 Å². The number of hydrogen-bond acceptors (Lipinski definition) is 3. The molecule has 1 aromatic carbocycles. The molecule has 0 atom stereocenters. The molecule has 0 spiro atoms. The van der Waals surface area contributed by atoms with Crippen molar-refractivity contribution in [2.75, 3.05) is 11.1 Å². The zero-order valence-electron chi connectivity index (χ0n) is 10.7. The molecule has 1 heterocycles. The molecule has 1 amide bonds. The van der Waals surface area contributed by atoms with Crippen molar-refractivity contribution in [1.29, 1.82) is 0 Å². The first-order valence-corrected chi connectivity index (χ1v) is 6.56. The third kappa shape index (κ3) is 3.32. The van der Waals surface area contributed by atoms with Crippen LogP contribution in [0.2, 0.25) is 0 Å². The lowest BCUT2D eigenvalue weighted by molar-refractivity contribution is 0.102. The standard InChI is InChI=1S/C14H14BrN3O/c1-8-3-4-12(11(15)5-8)18-14(19)10-6-9(2)17-13(16)7-10/h3-7H,1-2H3,(H2,16,17)(H,18,19). The highest BCUT2D eigenvalue weighted by Crippen LogP contribution is 2.24. The lowest BCUT2D eigenvalue weighted by atomic mass is 10.2. The van der Waals surface area contributed by atoms with E-state index in [-0.39, 0.29) is 5.91 Å². The van der Waals surface area contributed by atoms with Crippen LogP contribution in [0.25, 0.3) is 0 Å². The maximum Gasteiger partial charge on any atom is 0.255 e. The van der Waals surface area contributed by atoms with Crippen molar-refractivity contribution in [2.45, 2.75) is 13.8 Å². The van der Waals surface area contributed by atoms with E-state index in [0.29, 0.717) is 17.1 Å². The molecule has 0 saturated heterocycles. The molecule has 0 aliphatic carbocycles. The van der Waals surface area contributed by atoms with Crippen LogP contribution in [0, 0.1) is 13.8 Å². The van der Waals surface area contributed by atoms with Crippen LogP contribution >= 0.6 is 15.9 Å². The highest BCUT2D eigenvalue weighted by molar-refractivity contribution is 9.10. The van der Waals surface area contributed by atoms with Crippen molar-refractivity contribution < 1.29 is 4.79 Å². The van der Waals surface area contributed by atoms with Gasteiger partial charge in [0, 0.05) is 15.7 Å². The van der Waals surface area contributed by atoms with Gasteiger partial charge in [-0.1, -0.05) is 6.07 Å². The Morgan fingerprint density at radius 2 is 2.00 bits per heavy atom. The summed E-state index contributed by atoms with van der Waals surface area (Å²) in [5.41, 5.74) is 8.70. The number of aromatic nitrogens is 1. The van der Waals surface area contributed by atoms with E-state index in [0.717, 1.165) is 15.7 Å². The fraction of sp³-hybridized carbons (Fsp3) is 0.143. The van der Waals surface area contributed by atoms with E-state index in [1.165, 1.54) is 0 Å². The summed E-state index contributed by atoms with van der Waals surface area (Å²) in [7, 11) is 0. The van der Waals surface area contributed by atoms with Crippen molar-refractivity contribution >= 4 is 33.3 Å². The van der Waals surface area contributed by atoms with E-state index < -0.39 is 0 Å². The average molecular weight is 320 g/mol. The van der Waals surface area contributed by atoms with Gasteiger partial charge in [0.25, 0.3) is 5.91 Å². The summed E-state index contributed by atoms with van der Waals surface area (Å²) in [5.74, 6) is 0.134. The summed E-state index contributed by atoms with van der Waals surface area (Å²) in [6, 6.07) is 9.00. The van der Waals surface area contributed by atoms with Gasteiger partial charge in [0.1, 0.15) is 5.82 Å². The summed E-state index contributed by atoms with van der Waals surface area (Å²) < 4.78 is 0.847. The molecule has 0 saturated carbocycles. The topological polar surface area (TPSA) is 68.0 Å². The molecule has 2 rings (SSSR count). The monoisotopic (exact) mass is 319 g/mol. The van der Waals surface area contributed by atoms with Crippen molar-refractivity contribution in [2.24, 2.45) is 0 Å². The third-order valence-corrected chi connectivity index (χ3v) is 3.26. The highest BCUT2D eigenvalue weighted by Gasteiger charge is 2.10. The number of nitrogen functional groups attached to an aromatic ring is 1. The van der Waals surface area contributed by atoms with Crippen LogP contribution in [0.1, 0.15) is 21.6 Å². The quantitative estimate of drug-likeness (QED) is 0.892. The van der Waals surface area contributed by atoms with Crippen LogP contribution in [-0.4, -0.2) is 10.9 Å². The number of hydrogen-bond donors (Lipinski definition) is 2. The molecule has 0 fully saturated rings. The van der Waals surface area contributed by atoms with Crippen molar-refractivity contribution in [1.82, 2.24) is 4.98 Å². The number of carbonyl (C=O) groups excluding carboxylic acids is 1. The Labute approximate surface area is 120 Å². The lowest BCUT2D eigenvalue weighted by Gasteiger charge is -2.09. The summed E-state index contributed by atoms with van der Waals surface area (Å²) >= 11 is 3.43. The Morgan fingerprint density at radius 1 is 1.26 bits per heavy atom. The van der Waals surface area contributed by atoms with Crippen molar-refractivity contribution in [3.05, 3.63) is 51.6 Å². The predicted octanol–water partition coefficient (Wildman–Crippen LogP) is 3.30. The second-order valence-electron chi connectivity index (χ2n) is 4.36. The van der Waals surface area contributed by atoms with Crippen LogP contribution in [0.3, 0.4) is 0 Å². The highest BCUT2D eigenvalue weighted by atomic mass is 79.9. The second kappa shape index (κ2) is 5.40. The fourth-order valence-electron chi connectivity index (χ4n) is 1.74. The van der Waals surface area contributed by atoms with Gasteiger partial charge in [-0.3, -0.25) is 4.79 Å². The summed E-state index contributed by atoms with van der Waals surface area (Å²) in [4.78, 5) is 16.2. The Kier molecular flexibility index (Phi) is 3.85. The van der Waals surface area contributed by atoms with E-state index in [1.807, 2.05) is 25.1 Å². The molecular weight excluding hydrogens is 306 g/mol. The molecule has 0 aliphatic rings. The summed E-state index contributed by atoms with van der Waals surface area (Å²) in [6.45, 7) is 3.79. The SMILES string of the molecule is Cc1ccc(NC(=O)c2cc(C)nc(N)c2)c(Br)c1. The number of pyridine rings is 1. The van der Waals surface area contributed by atoms with Crippen LogP contribution in [0.15, 0.2) is 34.8 Å². The van der Waals surface area contributed by atoms with Gasteiger partial charge in [-0.25, -0.2) is 4.98 Å². The van der Waals surface area contributed by atoms with E-state index in [4.69, 9.17) is 5.73 Å². The van der Waals surface area contributed by atoms with Crippen molar-refractivity contribution in [3.63, 3.8) is 0 Å². The minimum absolute atomic E-state index is 0.207. The number of benzene rings is 1. The molecule has 5 heteroatoms. The molecule has 19 heavy (non-hydrogen) atoms. The van der Waals surface area contributed by atoms with Gasteiger partial charge < -0.3 is 11.1 Å². The summed E-state index contributed by atoms with van der Waals surface area (Å²) in [6.07, 6.45) is 0. The summed E-state index contributed by atoms with van der Waals surface area (Å²) in [5, 5.41) is 2.84. The fourth-order valence-corrected chi connectivity index (χ4v) is 2.33. The average Bonchev–Trinajstić information content (AvgIpc) is 2.31. The first kappa shape index (κ1) is 13.5. The Bertz CT molecular complexity index is 620. The van der Waals surface area contributed by atoms with Gasteiger partial charge in [-0.05, 0) is 59.6 Å². The molecule has 2 aromatic rings. The van der Waals surface area contributed by atoms with E-state index >= 15 is 0 Å². The number of nitrogens with zero attached hydrogens (tertiary/aromatic N) is 1. The molecule has 0 unspecified atom stereocenters. The van der Waals surface area contributed by atoms with Gasteiger partial charge in [0.15, 0.2) is 0 Å². The molecular formula is C14H14BrN3O. The number of anilines is 2. The third-order valence-electron chi connectivity index (χ3n) is 2.61. The number of nitrogens with two attached hydrogens (primary N) is 1. The van der Waals surface area contributed by atoms with E-state index in [2.05, 4.69) is 26.2 Å². The number of carbonyl (C=O) groups is 1. The zero-order valence-corrected chi connectivity index (χ0v) is 12.3. The molecule has 98 valence electrons. The molecule has 0 aliphatic heterocycles. The number of halogens is 1. The van der Waals surface area contributed by atoms with Crippen LogP contribution in [0.4, 0.5) is 11.5 Å².